The normalized spacial score (nSPS) is 14.4. The molecule has 2 heterocycles. The molecule has 0 unspecified atom stereocenters. The van der Waals surface area contributed by atoms with Gasteiger partial charge in [0.2, 0.25) is 5.91 Å². The van der Waals surface area contributed by atoms with Crippen molar-refractivity contribution in [1.82, 2.24) is 9.88 Å². The second-order valence-electron chi connectivity index (χ2n) is 8.38. The first-order valence-electron chi connectivity index (χ1n) is 11.7. The number of fused-ring (bicyclic) bond motifs is 1. The van der Waals surface area contributed by atoms with Gasteiger partial charge in [-0.3, -0.25) is 15.0 Å². The van der Waals surface area contributed by atoms with Crippen LogP contribution in [0.3, 0.4) is 0 Å². The summed E-state index contributed by atoms with van der Waals surface area (Å²) >= 11 is 1.49. The van der Waals surface area contributed by atoms with Crippen LogP contribution >= 0.6 is 11.3 Å². The van der Waals surface area contributed by atoms with E-state index in [9.17, 15) is 4.79 Å². The minimum atomic E-state index is -0.206. The number of benzene rings is 3. The number of nitrogens with one attached hydrogen (secondary N) is 1. The summed E-state index contributed by atoms with van der Waals surface area (Å²) < 4.78 is 12.3. The third-order valence-electron chi connectivity index (χ3n) is 5.75. The summed E-state index contributed by atoms with van der Waals surface area (Å²) in [5, 5.41) is 3.48. The molecule has 3 aromatic carbocycles. The number of hydrogen-bond donors (Lipinski definition) is 1. The van der Waals surface area contributed by atoms with Gasteiger partial charge in [0.15, 0.2) is 5.13 Å². The molecule has 1 saturated heterocycles. The van der Waals surface area contributed by atoms with Crippen molar-refractivity contribution < 1.29 is 14.3 Å². The van der Waals surface area contributed by atoms with E-state index in [-0.39, 0.29) is 5.91 Å². The molecule has 0 spiro atoms. The number of amides is 1. The Morgan fingerprint density at radius 1 is 1.03 bits per heavy atom. The van der Waals surface area contributed by atoms with Gasteiger partial charge in [0.25, 0.3) is 0 Å². The molecular weight excluding hydrogens is 458 g/mol. The van der Waals surface area contributed by atoms with Crippen molar-refractivity contribution in [3.63, 3.8) is 0 Å². The van der Waals surface area contributed by atoms with Crippen LogP contribution in [0.25, 0.3) is 16.3 Å². The standard InChI is InChI=1S/C28H27N3O3S/c32-27(13-9-21-6-10-24(11-7-21)34-20-22-4-2-1-3-5-22)30-28-29-25-12-8-23(18-26(25)35-28)19-31-14-16-33-17-15-31/h1-13,18H,14-17,19-20H2,(H,29,30,32)/b13-9+. The van der Waals surface area contributed by atoms with Crippen LogP contribution in [0.5, 0.6) is 5.75 Å². The Hall–Kier alpha value is -3.52. The van der Waals surface area contributed by atoms with E-state index in [0.29, 0.717) is 11.7 Å². The zero-order chi connectivity index (χ0) is 23.9. The fourth-order valence-electron chi connectivity index (χ4n) is 3.87. The highest BCUT2D eigenvalue weighted by molar-refractivity contribution is 7.22. The van der Waals surface area contributed by atoms with Gasteiger partial charge >= 0.3 is 0 Å². The summed E-state index contributed by atoms with van der Waals surface area (Å²) in [7, 11) is 0. The molecule has 0 bridgehead atoms. The first-order chi connectivity index (χ1) is 17.2. The van der Waals surface area contributed by atoms with Crippen LogP contribution in [0.4, 0.5) is 5.13 Å². The maximum absolute atomic E-state index is 12.4. The number of nitrogens with zero attached hydrogens (tertiary/aromatic N) is 2. The zero-order valence-electron chi connectivity index (χ0n) is 19.4. The van der Waals surface area contributed by atoms with Crippen LogP contribution in [0.15, 0.2) is 78.9 Å². The van der Waals surface area contributed by atoms with Gasteiger partial charge in [-0.15, -0.1) is 0 Å². The number of aromatic nitrogens is 1. The van der Waals surface area contributed by atoms with Crippen LogP contribution in [-0.4, -0.2) is 42.1 Å². The van der Waals surface area contributed by atoms with Gasteiger partial charge in [0.1, 0.15) is 12.4 Å². The second-order valence-corrected chi connectivity index (χ2v) is 9.41. The quantitative estimate of drug-likeness (QED) is 0.341. The number of anilines is 1. The molecule has 1 aliphatic heterocycles. The van der Waals surface area contributed by atoms with Crippen LogP contribution in [0.1, 0.15) is 16.7 Å². The summed E-state index contributed by atoms with van der Waals surface area (Å²) in [6.07, 6.45) is 3.31. The van der Waals surface area contributed by atoms with Crippen molar-refractivity contribution in [3.05, 3.63) is 95.6 Å². The number of ether oxygens (including phenoxy) is 2. The lowest BCUT2D eigenvalue weighted by atomic mass is 10.2. The van der Waals surface area contributed by atoms with Gasteiger partial charge in [0.05, 0.1) is 23.4 Å². The van der Waals surface area contributed by atoms with E-state index >= 15 is 0 Å². The number of carbonyl (C=O) groups excluding carboxylic acids is 1. The molecule has 7 heteroatoms. The van der Waals surface area contributed by atoms with Crippen LogP contribution < -0.4 is 10.1 Å². The number of hydrogen-bond acceptors (Lipinski definition) is 6. The van der Waals surface area contributed by atoms with Gasteiger partial charge in [0, 0.05) is 25.7 Å². The highest BCUT2D eigenvalue weighted by Gasteiger charge is 2.12. The number of morpholine rings is 1. The van der Waals surface area contributed by atoms with Crippen LogP contribution in [0, 0.1) is 0 Å². The van der Waals surface area contributed by atoms with Gasteiger partial charge in [-0.25, -0.2) is 4.98 Å². The number of rotatable bonds is 8. The monoisotopic (exact) mass is 485 g/mol. The lowest BCUT2D eigenvalue weighted by Crippen LogP contribution is -2.35. The van der Waals surface area contributed by atoms with Crippen molar-refractivity contribution >= 4 is 38.7 Å². The summed E-state index contributed by atoms with van der Waals surface area (Å²) in [6.45, 7) is 4.92. The Morgan fingerprint density at radius 2 is 1.83 bits per heavy atom. The summed E-state index contributed by atoms with van der Waals surface area (Å²) in [6, 6.07) is 24.0. The zero-order valence-corrected chi connectivity index (χ0v) is 20.2. The Balaban J connectivity index is 1.15. The molecule has 1 N–H and O–H groups in total. The highest BCUT2D eigenvalue weighted by atomic mass is 32.1. The Morgan fingerprint density at radius 3 is 2.63 bits per heavy atom. The highest BCUT2D eigenvalue weighted by Crippen LogP contribution is 2.27. The predicted octanol–water partition coefficient (Wildman–Crippen LogP) is 5.36. The van der Waals surface area contributed by atoms with Crippen molar-refractivity contribution in [3.8, 4) is 5.75 Å². The van der Waals surface area contributed by atoms with E-state index < -0.39 is 0 Å². The Kier molecular flexibility index (Phi) is 7.48. The molecule has 0 saturated carbocycles. The number of thiazole rings is 1. The molecule has 0 radical (unpaired) electrons. The summed E-state index contributed by atoms with van der Waals surface area (Å²) in [4.78, 5) is 19.4. The van der Waals surface area contributed by atoms with Crippen LogP contribution in [-0.2, 0) is 22.7 Å². The van der Waals surface area contributed by atoms with Gasteiger partial charge in [-0.2, -0.15) is 0 Å². The van der Waals surface area contributed by atoms with E-state index in [2.05, 4.69) is 27.3 Å². The van der Waals surface area contributed by atoms with Crippen LogP contribution in [0.2, 0.25) is 0 Å². The molecule has 4 aromatic rings. The molecule has 178 valence electrons. The maximum Gasteiger partial charge on any atom is 0.250 e. The third kappa shape index (κ3) is 6.54. The fraction of sp³-hybridized carbons (Fsp3) is 0.214. The smallest absolute Gasteiger partial charge is 0.250 e. The van der Waals surface area contributed by atoms with Crippen molar-refractivity contribution in [2.45, 2.75) is 13.2 Å². The fourth-order valence-corrected chi connectivity index (χ4v) is 4.81. The molecule has 0 atom stereocenters. The average Bonchev–Trinajstić information content (AvgIpc) is 3.29. The molecule has 35 heavy (non-hydrogen) atoms. The van der Waals surface area contributed by atoms with E-state index in [0.717, 1.165) is 59.9 Å². The number of carbonyl (C=O) groups is 1. The van der Waals surface area contributed by atoms with E-state index in [1.54, 1.807) is 6.08 Å². The van der Waals surface area contributed by atoms with Gasteiger partial charge < -0.3 is 9.47 Å². The lowest BCUT2D eigenvalue weighted by molar-refractivity contribution is -0.111. The largest absolute Gasteiger partial charge is 0.489 e. The molecular formula is C28H27N3O3S. The molecule has 1 amide bonds. The van der Waals surface area contributed by atoms with Crippen molar-refractivity contribution in [2.75, 3.05) is 31.6 Å². The molecule has 1 fully saturated rings. The lowest BCUT2D eigenvalue weighted by Gasteiger charge is -2.26. The predicted molar refractivity (Wildman–Crippen MR) is 141 cm³/mol. The minimum Gasteiger partial charge on any atom is -0.489 e. The molecule has 0 aliphatic carbocycles. The molecule has 1 aromatic heterocycles. The first-order valence-corrected chi connectivity index (χ1v) is 12.5. The second kappa shape index (κ2) is 11.3. The minimum absolute atomic E-state index is 0.206. The van der Waals surface area contributed by atoms with E-state index in [1.807, 2.05) is 60.7 Å². The first kappa shape index (κ1) is 23.2. The van der Waals surface area contributed by atoms with E-state index in [4.69, 9.17) is 9.47 Å². The van der Waals surface area contributed by atoms with Gasteiger partial charge in [-0.1, -0.05) is 59.9 Å². The van der Waals surface area contributed by atoms with Crippen molar-refractivity contribution in [1.29, 1.82) is 0 Å². The summed E-state index contributed by atoms with van der Waals surface area (Å²) in [5.74, 6) is 0.583. The van der Waals surface area contributed by atoms with Crippen molar-refractivity contribution in [2.24, 2.45) is 0 Å². The average molecular weight is 486 g/mol. The molecule has 5 rings (SSSR count). The topological polar surface area (TPSA) is 63.7 Å². The van der Waals surface area contributed by atoms with Gasteiger partial charge in [-0.05, 0) is 47.0 Å². The Bertz CT molecular complexity index is 1300. The molecule has 6 nitrogen and oxygen atoms in total. The summed E-state index contributed by atoms with van der Waals surface area (Å²) in [5.41, 5.74) is 4.18. The third-order valence-corrected chi connectivity index (χ3v) is 6.68. The Labute approximate surface area is 208 Å². The molecule has 1 aliphatic rings. The maximum atomic E-state index is 12.4. The van der Waals surface area contributed by atoms with E-state index in [1.165, 1.54) is 23.0 Å². The SMILES string of the molecule is O=C(/C=C/c1ccc(OCc2ccccc2)cc1)Nc1nc2ccc(CN3CCOCC3)cc2s1.